The van der Waals surface area contributed by atoms with Gasteiger partial charge in [-0.3, -0.25) is 9.59 Å². The van der Waals surface area contributed by atoms with E-state index in [0.717, 1.165) is 23.3 Å². The maximum atomic E-state index is 14.5. The predicted octanol–water partition coefficient (Wildman–Crippen LogP) is 7.17. The van der Waals surface area contributed by atoms with Crippen LogP contribution in [0, 0.1) is 5.82 Å². The van der Waals surface area contributed by atoms with Crippen LogP contribution in [0.2, 0.25) is 0 Å². The van der Waals surface area contributed by atoms with E-state index in [1.807, 2.05) is 60.7 Å². The molecule has 1 N–H and O–H groups in total. The molecule has 7 rings (SSSR count). The van der Waals surface area contributed by atoms with Crippen molar-refractivity contribution in [3.05, 3.63) is 173 Å². The summed E-state index contributed by atoms with van der Waals surface area (Å²) >= 11 is 0. The van der Waals surface area contributed by atoms with Crippen LogP contribution in [0.3, 0.4) is 0 Å². The highest BCUT2D eigenvalue weighted by molar-refractivity contribution is 5.91. The van der Waals surface area contributed by atoms with Gasteiger partial charge in [-0.2, -0.15) is 13.2 Å². The van der Waals surface area contributed by atoms with Crippen molar-refractivity contribution in [2.45, 2.75) is 51.0 Å². The molecule has 2 aliphatic heterocycles. The molecule has 0 bridgehead atoms. The van der Waals surface area contributed by atoms with Gasteiger partial charge in [0.2, 0.25) is 11.8 Å². The zero-order chi connectivity index (χ0) is 39.2. The summed E-state index contributed by atoms with van der Waals surface area (Å²) in [5, 5.41) is 5.91. The van der Waals surface area contributed by atoms with E-state index in [-0.39, 0.29) is 44.7 Å². The number of nitrogens with zero attached hydrogens (tertiary/aromatic N) is 4. The zero-order valence-corrected chi connectivity index (χ0v) is 30.2. The van der Waals surface area contributed by atoms with E-state index in [2.05, 4.69) is 5.32 Å². The van der Waals surface area contributed by atoms with Crippen molar-refractivity contribution in [1.82, 2.24) is 25.1 Å². The maximum Gasteiger partial charge on any atom is 0.416 e. The lowest BCUT2D eigenvalue weighted by Crippen LogP contribution is -2.76. The molecular formula is C43H39F4N5O4. The molecule has 4 amide bonds. The first-order valence-corrected chi connectivity index (χ1v) is 18.1. The van der Waals surface area contributed by atoms with E-state index < -0.39 is 47.6 Å². The largest absolute Gasteiger partial charge is 0.489 e. The number of hydrazine groups is 1. The third-order valence-electron chi connectivity index (χ3n) is 9.83. The smallest absolute Gasteiger partial charge is 0.416 e. The number of halogens is 4. The highest BCUT2D eigenvalue weighted by Crippen LogP contribution is 2.33. The van der Waals surface area contributed by atoms with Crippen molar-refractivity contribution in [3.63, 3.8) is 0 Å². The summed E-state index contributed by atoms with van der Waals surface area (Å²) in [4.78, 5) is 45.8. The van der Waals surface area contributed by atoms with Gasteiger partial charge in [0, 0.05) is 26.1 Å². The Kier molecular flexibility index (Phi) is 11.3. The van der Waals surface area contributed by atoms with Crippen LogP contribution in [-0.4, -0.2) is 63.0 Å². The van der Waals surface area contributed by atoms with Gasteiger partial charge in [0.15, 0.2) is 0 Å². The predicted molar refractivity (Wildman–Crippen MR) is 200 cm³/mol. The quantitative estimate of drug-likeness (QED) is 0.144. The highest BCUT2D eigenvalue weighted by Gasteiger charge is 2.51. The summed E-state index contributed by atoms with van der Waals surface area (Å²) in [6.45, 7) is -0.0611. The first-order chi connectivity index (χ1) is 27.0. The molecule has 2 atom stereocenters. The number of urea groups is 1. The number of carbonyl (C=O) groups excluding carboxylic acids is 3. The topological polar surface area (TPSA) is 85.4 Å². The molecule has 56 heavy (non-hydrogen) atoms. The standard InChI is InChI=1S/C43H39F4N5O4/c44-36-18-14-32(15-19-36)26-50-28-40(53)51-38(23-30-16-20-37(21-17-30)56-29-33-10-5-2-6-11-33)41(54)49(25-34-12-7-13-35(22-34)43(45,46)47)27-39(51)52(50)42(55)48-24-31-8-3-1-4-9-31/h1-22,38-39H,23-29H2,(H,48,55)/t38-,39-/m0/s1. The van der Waals surface area contributed by atoms with Crippen molar-refractivity contribution in [2.75, 3.05) is 13.1 Å². The van der Waals surface area contributed by atoms with Crippen molar-refractivity contribution in [3.8, 4) is 5.75 Å². The van der Waals surface area contributed by atoms with E-state index in [0.29, 0.717) is 23.5 Å². The highest BCUT2D eigenvalue weighted by atomic mass is 19.4. The summed E-state index contributed by atoms with van der Waals surface area (Å²) in [5.74, 6) is -0.720. The molecule has 5 aromatic rings. The van der Waals surface area contributed by atoms with Gasteiger partial charge in [0.1, 0.15) is 30.4 Å². The summed E-state index contributed by atoms with van der Waals surface area (Å²) in [5.41, 5.74) is 2.54. The van der Waals surface area contributed by atoms with Crippen LogP contribution in [0.1, 0.15) is 33.4 Å². The molecular weight excluding hydrogens is 726 g/mol. The van der Waals surface area contributed by atoms with E-state index >= 15 is 0 Å². The molecule has 0 aromatic heterocycles. The van der Waals surface area contributed by atoms with Gasteiger partial charge in [-0.1, -0.05) is 97.1 Å². The number of alkyl halides is 3. The second kappa shape index (κ2) is 16.7. The Hall–Kier alpha value is -6.21. The minimum Gasteiger partial charge on any atom is -0.489 e. The molecule has 0 radical (unpaired) electrons. The van der Waals surface area contributed by atoms with Gasteiger partial charge in [-0.15, -0.1) is 0 Å². The summed E-state index contributed by atoms with van der Waals surface area (Å²) in [7, 11) is 0. The molecule has 2 heterocycles. The number of hydrogen-bond acceptors (Lipinski definition) is 5. The monoisotopic (exact) mass is 765 g/mol. The average molecular weight is 766 g/mol. The number of piperazine rings is 1. The Morgan fingerprint density at radius 1 is 0.732 bits per heavy atom. The summed E-state index contributed by atoms with van der Waals surface area (Å²) in [6, 6.07) is 34.9. The molecule has 0 spiro atoms. The number of nitrogens with one attached hydrogen (secondary N) is 1. The molecule has 0 saturated carbocycles. The van der Waals surface area contributed by atoms with E-state index in [9.17, 15) is 31.9 Å². The van der Waals surface area contributed by atoms with Crippen LogP contribution >= 0.6 is 0 Å². The summed E-state index contributed by atoms with van der Waals surface area (Å²) in [6.07, 6.45) is -5.56. The lowest BCUT2D eigenvalue weighted by molar-refractivity contribution is -0.192. The first-order valence-electron chi connectivity index (χ1n) is 18.1. The lowest BCUT2D eigenvalue weighted by Gasteiger charge is -2.55. The fraction of sp³-hybridized carbons (Fsp3) is 0.233. The third kappa shape index (κ3) is 9.01. The fourth-order valence-electron chi connectivity index (χ4n) is 7.08. The number of carbonyl (C=O) groups is 3. The van der Waals surface area contributed by atoms with Gasteiger partial charge >= 0.3 is 12.2 Å². The van der Waals surface area contributed by atoms with Crippen LogP contribution in [0.15, 0.2) is 133 Å². The molecule has 5 aromatic carbocycles. The van der Waals surface area contributed by atoms with Gasteiger partial charge in [0.05, 0.1) is 18.7 Å². The second-order valence-corrected chi connectivity index (χ2v) is 13.8. The van der Waals surface area contributed by atoms with Crippen molar-refractivity contribution in [1.29, 1.82) is 0 Å². The van der Waals surface area contributed by atoms with E-state index in [1.165, 1.54) is 39.1 Å². The number of amides is 4. The van der Waals surface area contributed by atoms with Crippen molar-refractivity contribution >= 4 is 17.8 Å². The van der Waals surface area contributed by atoms with Crippen LogP contribution in [0.5, 0.6) is 5.75 Å². The van der Waals surface area contributed by atoms with Gasteiger partial charge in [-0.05, 0) is 64.2 Å². The van der Waals surface area contributed by atoms with Gasteiger partial charge in [0.25, 0.3) is 0 Å². The number of benzene rings is 5. The average Bonchev–Trinajstić information content (AvgIpc) is 3.20. The van der Waals surface area contributed by atoms with E-state index in [4.69, 9.17) is 4.74 Å². The Morgan fingerprint density at radius 2 is 1.38 bits per heavy atom. The van der Waals surface area contributed by atoms with Crippen LogP contribution in [0.25, 0.3) is 0 Å². The fourth-order valence-corrected chi connectivity index (χ4v) is 7.08. The van der Waals surface area contributed by atoms with Crippen molar-refractivity contribution in [2.24, 2.45) is 0 Å². The van der Waals surface area contributed by atoms with Crippen molar-refractivity contribution < 1.29 is 36.7 Å². The SMILES string of the molecule is O=C1[C@H](Cc2ccc(OCc3ccccc3)cc2)N2C(=O)CN(Cc3ccc(F)cc3)N(C(=O)NCc3ccccc3)[C@H]2CN1Cc1cccc(C(F)(F)F)c1. The molecule has 2 fully saturated rings. The lowest BCUT2D eigenvalue weighted by atomic mass is 9.98. The van der Waals surface area contributed by atoms with Crippen LogP contribution < -0.4 is 10.1 Å². The second-order valence-electron chi connectivity index (χ2n) is 13.8. The number of fused-ring (bicyclic) bond motifs is 1. The Bertz CT molecular complexity index is 2140. The number of hydrogen-bond donors (Lipinski definition) is 1. The molecule has 2 aliphatic rings. The zero-order valence-electron chi connectivity index (χ0n) is 30.2. The van der Waals surface area contributed by atoms with Crippen LogP contribution in [0.4, 0.5) is 22.4 Å². The Labute approximate surface area is 321 Å². The number of ether oxygens (including phenoxy) is 1. The molecule has 2 saturated heterocycles. The summed E-state index contributed by atoms with van der Waals surface area (Å²) < 4.78 is 61.0. The molecule has 0 unspecified atom stereocenters. The minimum absolute atomic E-state index is 0.0613. The Balaban J connectivity index is 1.21. The third-order valence-corrected chi connectivity index (χ3v) is 9.83. The minimum atomic E-state index is -4.59. The number of rotatable bonds is 11. The normalized spacial score (nSPS) is 17.5. The van der Waals surface area contributed by atoms with Crippen LogP contribution in [-0.2, 0) is 48.4 Å². The van der Waals surface area contributed by atoms with Gasteiger partial charge < -0.3 is 19.9 Å². The maximum absolute atomic E-state index is 14.5. The molecule has 288 valence electrons. The molecule has 13 heteroatoms. The first kappa shape index (κ1) is 38.1. The Morgan fingerprint density at radius 3 is 2.05 bits per heavy atom. The molecule has 9 nitrogen and oxygen atoms in total. The van der Waals surface area contributed by atoms with Gasteiger partial charge in [-0.25, -0.2) is 19.2 Å². The molecule has 0 aliphatic carbocycles. The van der Waals surface area contributed by atoms with E-state index in [1.54, 1.807) is 41.4 Å².